The maximum absolute atomic E-state index is 13.4. The Morgan fingerprint density at radius 1 is 0.975 bits per heavy atom. The minimum atomic E-state index is -0.209. The van der Waals surface area contributed by atoms with Crippen LogP contribution in [0.1, 0.15) is 116 Å². The van der Waals surface area contributed by atoms with Gasteiger partial charge in [0.25, 0.3) is 0 Å². The summed E-state index contributed by atoms with van der Waals surface area (Å²) >= 11 is 0. The van der Waals surface area contributed by atoms with E-state index in [1.54, 1.807) is 30.5 Å². The summed E-state index contributed by atoms with van der Waals surface area (Å²) in [5, 5.41) is 0. The van der Waals surface area contributed by atoms with Crippen molar-refractivity contribution >= 4 is 11.7 Å². The van der Waals surface area contributed by atoms with E-state index in [1.165, 1.54) is 44.9 Å². The van der Waals surface area contributed by atoms with Crippen LogP contribution in [-0.2, 0) is 9.47 Å². The van der Waals surface area contributed by atoms with Gasteiger partial charge >= 0.3 is 5.97 Å². The molecule has 4 saturated carbocycles. The third-order valence-electron chi connectivity index (χ3n) is 12.5. The highest BCUT2D eigenvalue weighted by Crippen LogP contribution is 2.68. The van der Waals surface area contributed by atoms with E-state index in [0.29, 0.717) is 34.4 Å². The predicted octanol–water partition coefficient (Wildman–Crippen LogP) is 9.05. The lowest BCUT2D eigenvalue weighted by molar-refractivity contribution is -0.174. The maximum Gasteiger partial charge on any atom is 0.338 e. The molecule has 0 aliphatic heterocycles. The second-order valence-electron chi connectivity index (χ2n) is 15.0. The Kier molecular flexibility index (Phi) is 8.65. The van der Waals surface area contributed by atoms with Crippen molar-refractivity contribution in [2.24, 2.45) is 52.3 Å². The molecule has 0 amide bonds. The lowest BCUT2D eigenvalue weighted by Crippen LogP contribution is -2.59. The third kappa shape index (κ3) is 5.45. The van der Waals surface area contributed by atoms with Crippen LogP contribution < -0.4 is 5.73 Å². The Morgan fingerprint density at radius 3 is 2.38 bits per heavy atom. The first kappa shape index (κ1) is 29.5. The first-order chi connectivity index (χ1) is 19.1. The molecule has 1 aromatic carbocycles. The fourth-order valence-corrected chi connectivity index (χ4v) is 10.5. The van der Waals surface area contributed by atoms with Gasteiger partial charge in [0, 0.05) is 11.6 Å². The van der Waals surface area contributed by atoms with E-state index in [2.05, 4.69) is 41.2 Å². The monoisotopic (exact) mass is 549 g/mol. The lowest BCUT2D eigenvalue weighted by Gasteiger charge is -2.62. The molecule has 0 radical (unpaired) electrons. The highest BCUT2D eigenvalue weighted by molar-refractivity contribution is 5.89. The number of fused-ring (bicyclic) bond motifs is 5. The van der Waals surface area contributed by atoms with E-state index in [-0.39, 0.29) is 23.6 Å². The molecule has 4 heteroatoms. The van der Waals surface area contributed by atoms with Crippen LogP contribution in [0, 0.1) is 52.3 Å². The van der Waals surface area contributed by atoms with Crippen LogP contribution in [0.4, 0.5) is 5.69 Å². The predicted molar refractivity (Wildman–Crippen MR) is 164 cm³/mol. The number of esters is 1. The van der Waals surface area contributed by atoms with Crippen LogP contribution >= 0.6 is 0 Å². The summed E-state index contributed by atoms with van der Waals surface area (Å²) in [5.74, 6) is 4.61. The van der Waals surface area contributed by atoms with Gasteiger partial charge < -0.3 is 15.2 Å². The summed E-state index contributed by atoms with van der Waals surface area (Å²) < 4.78 is 12.4. The van der Waals surface area contributed by atoms with Crippen LogP contribution in [0.2, 0.25) is 0 Å². The van der Waals surface area contributed by atoms with E-state index < -0.39 is 0 Å². The molecule has 4 nitrogen and oxygen atoms in total. The van der Waals surface area contributed by atoms with Gasteiger partial charge in [-0.1, -0.05) is 60.5 Å². The summed E-state index contributed by atoms with van der Waals surface area (Å²) in [5.41, 5.74) is 7.74. The molecule has 0 bridgehead atoms. The fourth-order valence-electron chi connectivity index (χ4n) is 10.5. The van der Waals surface area contributed by atoms with E-state index in [9.17, 15) is 4.79 Å². The Morgan fingerprint density at radius 2 is 1.68 bits per heavy atom. The molecule has 1 aromatic rings. The largest absolute Gasteiger partial charge is 0.499 e. The standard InChI is InChI=1S/C36H55NO3/c1-7-39-27-17-19-36(6)31-18-20-35(5)29(24(4)10-8-9-23(2)3)15-16-30(35)28(31)22-33(32(36)21-27)40-34(38)25-11-13-26(37)14-12-25/h7,11-14,23-24,27-33H,1,8-10,15-22,37H2,2-6H3. The van der Waals surface area contributed by atoms with Crippen LogP contribution in [-0.4, -0.2) is 18.2 Å². The lowest BCUT2D eigenvalue weighted by atomic mass is 9.43. The second kappa shape index (κ2) is 11.7. The summed E-state index contributed by atoms with van der Waals surface area (Å²) in [6.45, 7) is 16.2. The number of carbonyl (C=O) groups is 1. The van der Waals surface area contributed by atoms with Gasteiger partial charge in [-0.3, -0.25) is 0 Å². The van der Waals surface area contributed by atoms with Crippen molar-refractivity contribution in [1.82, 2.24) is 0 Å². The summed E-state index contributed by atoms with van der Waals surface area (Å²) in [6.07, 6.45) is 15.3. The molecule has 0 aromatic heterocycles. The average molecular weight is 550 g/mol. The van der Waals surface area contributed by atoms with E-state index in [1.807, 2.05) is 0 Å². The molecule has 4 aliphatic rings. The first-order valence-electron chi connectivity index (χ1n) is 16.4. The third-order valence-corrected chi connectivity index (χ3v) is 12.5. The van der Waals surface area contributed by atoms with Gasteiger partial charge in [-0.2, -0.15) is 0 Å². The van der Waals surface area contributed by atoms with Gasteiger partial charge in [0.05, 0.1) is 17.9 Å². The van der Waals surface area contributed by atoms with Gasteiger partial charge in [-0.25, -0.2) is 4.79 Å². The Bertz CT molecular complexity index is 1030. The zero-order chi connectivity index (χ0) is 28.7. The molecule has 0 heterocycles. The molecule has 222 valence electrons. The molecule has 0 spiro atoms. The number of anilines is 1. The molecular weight excluding hydrogens is 494 g/mol. The number of nitrogens with two attached hydrogens (primary N) is 1. The van der Waals surface area contributed by atoms with Gasteiger partial charge in [0.2, 0.25) is 0 Å². The van der Waals surface area contributed by atoms with Gasteiger partial charge in [0.1, 0.15) is 6.10 Å². The van der Waals surface area contributed by atoms with E-state index >= 15 is 0 Å². The molecule has 10 unspecified atom stereocenters. The summed E-state index contributed by atoms with van der Waals surface area (Å²) in [4.78, 5) is 13.4. The molecule has 4 fully saturated rings. The Hall–Kier alpha value is -1.97. The highest BCUT2D eigenvalue weighted by Gasteiger charge is 2.63. The van der Waals surface area contributed by atoms with Gasteiger partial charge in [0.15, 0.2) is 0 Å². The molecule has 4 aliphatic carbocycles. The number of benzene rings is 1. The number of carbonyl (C=O) groups excluding carboxylic acids is 1. The normalized spacial score (nSPS) is 39.5. The van der Waals surface area contributed by atoms with Crippen molar-refractivity contribution in [3.63, 3.8) is 0 Å². The number of rotatable bonds is 9. The van der Waals surface area contributed by atoms with Crippen LogP contribution in [0.5, 0.6) is 0 Å². The van der Waals surface area contributed by atoms with Gasteiger partial charge in [-0.15, -0.1) is 0 Å². The highest BCUT2D eigenvalue weighted by atomic mass is 16.5. The number of hydrogen-bond acceptors (Lipinski definition) is 4. The number of nitrogen functional groups attached to an aromatic ring is 1. The summed E-state index contributed by atoms with van der Waals surface area (Å²) in [7, 11) is 0. The first-order valence-corrected chi connectivity index (χ1v) is 16.4. The Balaban J connectivity index is 1.39. The quantitative estimate of drug-likeness (QED) is 0.190. The average Bonchev–Trinajstić information content (AvgIpc) is 3.27. The van der Waals surface area contributed by atoms with Crippen molar-refractivity contribution in [2.75, 3.05) is 5.73 Å². The SMILES string of the molecule is C=COC1CCC2(C)C(C1)C(OC(=O)c1ccc(N)cc1)CC1C3CCC(C(C)CCCC(C)C)C3(C)CCC12. The minimum absolute atomic E-state index is 0.0719. The molecule has 10 atom stereocenters. The molecule has 2 N–H and O–H groups in total. The van der Waals surface area contributed by atoms with Crippen LogP contribution in [0.25, 0.3) is 0 Å². The van der Waals surface area contributed by atoms with Crippen molar-refractivity contribution < 1.29 is 14.3 Å². The molecule has 40 heavy (non-hydrogen) atoms. The molecule has 0 saturated heterocycles. The number of ether oxygens (including phenoxy) is 2. The maximum atomic E-state index is 13.4. The Labute approximate surface area is 243 Å². The van der Waals surface area contributed by atoms with Crippen molar-refractivity contribution in [1.29, 1.82) is 0 Å². The minimum Gasteiger partial charge on any atom is -0.499 e. The van der Waals surface area contributed by atoms with Crippen molar-refractivity contribution in [3.05, 3.63) is 42.7 Å². The van der Waals surface area contributed by atoms with Crippen molar-refractivity contribution in [2.45, 2.75) is 117 Å². The second-order valence-corrected chi connectivity index (χ2v) is 15.0. The van der Waals surface area contributed by atoms with Crippen LogP contribution in [0.15, 0.2) is 37.1 Å². The zero-order valence-corrected chi connectivity index (χ0v) is 25.9. The van der Waals surface area contributed by atoms with Gasteiger partial charge in [-0.05, 0) is 122 Å². The summed E-state index contributed by atoms with van der Waals surface area (Å²) in [6, 6.07) is 7.18. The zero-order valence-electron chi connectivity index (χ0n) is 25.9. The van der Waals surface area contributed by atoms with Crippen molar-refractivity contribution in [3.8, 4) is 0 Å². The fraction of sp³-hybridized carbons (Fsp3) is 0.750. The smallest absolute Gasteiger partial charge is 0.338 e. The number of hydrogen-bond donors (Lipinski definition) is 1. The van der Waals surface area contributed by atoms with E-state index in [4.69, 9.17) is 15.2 Å². The topological polar surface area (TPSA) is 61.5 Å². The van der Waals surface area contributed by atoms with Crippen LogP contribution in [0.3, 0.4) is 0 Å². The molecule has 5 rings (SSSR count). The van der Waals surface area contributed by atoms with E-state index in [0.717, 1.165) is 49.4 Å². The molecular formula is C36H55NO3.